The number of H-pyrrole nitrogens is 1. The Labute approximate surface area is 71.9 Å². The fourth-order valence-corrected chi connectivity index (χ4v) is 1.40. The molecule has 0 amide bonds. The molecular formula is C7H5N3OS. The second-order valence-electron chi connectivity index (χ2n) is 2.18. The van der Waals surface area contributed by atoms with Gasteiger partial charge in [0.1, 0.15) is 0 Å². The summed E-state index contributed by atoms with van der Waals surface area (Å²) in [5, 5.41) is 1.85. The molecule has 0 saturated carbocycles. The van der Waals surface area contributed by atoms with Crippen LogP contribution in [0, 0.1) is 0 Å². The minimum absolute atomic E-state index is 0.208. The minimum atomic E-state index is -0.208. The van der Waals surface area contributed by atoms with Crippen molar-refractivity contribution in [1.82, 2.24) is 15.0 Å². The summed E-state index contributed by atoms with van der Waals surface area (Å²) >= 11 is 1.48. The van der Waals surface area contributed by atoms with Crippen LogP contribution < -0.4 is 5.56 Å². The fraction of sp³-hybridized carbons (Fsp3) is 0. The van der Waals surface area contributed by atoms with E-state index in [1.807, 2.05) is 5.38 Å². The summed E-state index contributed by atoms with van der Waals surface area (Å²) in [4.78, 5) is 21.3. The third-order valence-corrected chi connectivity index (χ3v) is 1.95. The summed E-state index contributed by atoms with van der Waals surface area (Å²) < 4.78 is 0. The number of nitrogens with zero attached hydrogens (tertiary/aromatic N) is 2. The molecule has 60 valence electrons. The minimum Gasteiger partial charge on any atom is -0.318 e. The van der Waals surface area contributed by atoms with Gasteiger partial charge in [-0.1, -0.05) is 0 Å². The van der Waals surface area contributed by atoms with E-state index >= 15 is 0 Å². The van der Waals surface area contributed by atoms with Crippen molar-refractivity contribution >= 4 is 11.3 Å². The molecule has 2 aromatic rings. The first-order valence-corrected chi connectivity index (χ1v) is 4.23. The highest BCUT2D eigenvalue weighted by Crippen LogP contribution is 2.12. The van der Waals surface area contributed by atoms with Crippen LogP contribution in [0.2, 0.25) is 0 Å². The zero-order valence-electron chi connectivity index (χ0n) is 6.02. The Morgan fingerprint density at radius 1 is 1.42 bits per heavy atom. The van der Waals surface area contributed by atoms with Crippen molar-refractivity contribution < 1.29 is 0 Å². The van der Waals surface area contributed by atoms with Gasteiger partial charge < -0.3 is 4.98 Å². The summed E-state index contributed by atoms with van der Waals surface area (Å²) in [7, 11) is 0. The molecular weight excluding hydrogens is 174 g/mol. The van der Waals surface area contributed by atoms with E-state index in [2.05, 4.69) is 15.0 Å². The third-order valence-electron chi connectivity index (χ3n) is 1.36. The molecule has 0 radical (unpaired) electrons. The Balaban J connectivity index is 2.55. The van der Waals surface area contributed by atoms with Gasteiger partial charge in [-0.25, -0.2) is 4.98 Å². The molecule has 0 atom stereocenters. The Morgan fingerprint density at radius 3 is 3.00 bits per heavy atom. The Hall–Kier alpha value is -1.49. The number of thiazole rings is 1. The van der Waals surface area contributed by atoms with Crippen LogP contribution in [-0.2, 0) is 0 Å². The summed E-state index contributed by atoms with van der Waals surface area (Å²) in [5.74, 6) is 0. The zero-order valence-corrected chi connectivity index (χ0v) is 6.84. The van der Waals surface area contributed by atoms with Gasteiger partial charge >= 0.3 is 0 Å². The molecule has 12 heavy (non-hydrogen) atoms. The molecule has 0 unspecified atom stereocenters. The molecule has 2 aromatic heterocycles. The van der Waals surface area contributed by atoms with Gasteiger partial charge in [-0.05, 0) is 0 Å². The smallest absolute Gasteiger partial charge is 0.266 e. The first-order chi connectivity index (χ1) is 5.86. The number of hydrogen-bond acceptors (Lipinski definition) is 4. The monoisotopic (exact) mass is 179 g/mol. The van der Waals surface area contributed by atoms with Crippen molar-refractivity contribution in [3.63, 3.8) is 0 Å². The van der Waals surface area contributed by atoms with Crippen LogP contribution in [0.4, 0.5) is 0 Å². The molecule has 0 bridgehead atoms. The summed E-state index contributed by atoms with van der Waals surface area (Å²) in [6.45, 7) is 0. The average Bonchev–Trinajstić information content (AvgIpc) is 2.56. The van der Waals surface area contributed by atoms with Crippen LogP contribution in [0.5, 0.6) is 0 Å². The van der Waals surface area contributed by atoms with Crippen molar-refractivity contribution in [2.24, 2.45) is 0 Å². The molecule has 5 heteroatoms. The quantitative estimate of drug-likeness (QED) is 0.707. The van der Waals surface area contributed by atoms with Crippen molar-refractivity contribution in [2.75, 3.05) is 0 Å². The second kappa shape index (κ2) is 2.86. The Bertz CT molecular complexity index is 420. The Kier molecular flexibility index (Phi) is 1.71. The maximum absolute atomic E-state index is 10.8. The van der Waals surface area contributed by atoms with Crippen molar-refractivity contribution in [3.05, 3.63) is 33.6 Å². The molecule has 0 aliphatic carbocycles. The second-order valence-corrected chi connectivity index (χ2v) is 2.90. The standard InChI is InChI=1S/C7H5N3OS/c11-7-2-8-1-5(10-7)6-3-12-4-9-6/h1-4H,(H,10,11). The van der Waals surface area contributed by atoms with Crippen LogP contribution >= 0.6 is 11.3 Å². The van der Waals surface area contributed by atoms with E-state index in [1.54, 1.807) is 11.7 Å². The lowest BCUT2D eigenvalue weighted by Crippen LogP contribution is -2.05. The number of rotatable bonds is 1. The Morgan fingerprint density at radius 2 is 2.33 bits per heavy atom. The number of nitrogens with one attached hydrogen (secondary N) is 1. The van der Waals surface area contributed by atoms with Gasteiger partial charge in [-0.3, -0.25) is 9.78 Å². The van der Waals surface area contributed by atoms with Crippen LogP contribution in [0.15, 0.2) is 28.1 Å². The van der Waals surface area contributed by atoms with E-state index < -0.39 is 0 Å². The molecule has 4 nitrogen and oxygen atoms in total. The summed E-state index contributed by atoms with van der Waals surface area (Å²) in [5.41, 5.74) is 2.91. The van der Waals surface area contributed by atoms with Gasteiger partial charge in [0, 0.05) is 5.38 Å². The SMILES string of the molecule is O=c1cncc(-c2cscn2)[nH]1. The molecule has 0 saturated heterocycles. The first kappa shape index (κ1) is 7.17. The highest BCUT2D eigenvalue weighted by atomic mass is 32.1. The molecule has 0 spiro atoms. The molecule has 2 heterocycles. The van der Waals surface area contributed by atoms with Crippen LogP contribution in [0.1, 0.15) is 0 Å². The van der Waals surface area contributed by atoms with E-state index in [4.69, 9.17) is 0 Å². The largest absolute Gasteiger partial charge is 0.318 e. The van der Waals surface area contributed by atoms with Gasteiger partial charge in [0.05, 0.1) is 29.3 Å². The summed E-state index contributed by atoms with van der Waals surface area (Å²) in [6.07, 6.45) is 2.81. The van der Waals surface area contributed by atoms with Gasteiger partial charge in [0.15, 0.2) is 0 Å². The highest BCUT2D eigenvalue weighted by molar-refractivity contribution is 7.07. The molecule has 1 N–H and O–H groups in total. The normalized spacial score (nSPS) is 10.0. The van der Waals surface area contributed by atoms with Crippen LogP contribution in [0.3, 0.4) is 0 Å². The third kappa shape index (κ3) is 1.26. The van der Waals surface area contributed by atoms with E-state index in [-0.39, 0.29) is 5.56 Å². The maximum atomic E-state index is 10.8. The van der Waals surface area contributed by atoms with E-state index in [0.29, 0.717) is 5.69 Å². The highest BCUT2D eigenvalue weighted by Gasteiger charge is 1.98. The van der Waals surface area contributed by atoms with Crippen molar-refractivity contribution in [3.8, 4) is 11.4 Å². The molecule has 0 aromatic carbocycles. The van der Waals surface area contributed by atoms with Crippen LogP contribution in [0.25, 0.3) is 11.4 Å². The lowest BCUT2D eigenvalue weighted by Gasteiger charge is -1.92. The fourth-order valence-electron chi connectivity index (χ4n) is 0.852. The van der Waals surface area contributed by atoms with E-state index in [9.17, 15) is 4.79 Å². The molecule has 0 aliphatic heterocycles. The van der Waals surface area contributed by atoms with Gasteiger partial charge in [-0.2, -0.15) is 0 Å². The topological polar surface area (TPSA) is 58.6 Å². The van der Waals surface area contributed by atoms with Gasteiger partial charge in [0.25, 0.3) is 5.56 Å². The van der Waals surface area contributed by atoms with Gasteiger partial charge in [0.2, 0.25) is 0 Å². The molecule has 0 aliphatic rings. The molecule has 0 fully saturated rings. The lowest BCUT2D eigenvalue weighted by atomic mass is 10.4. The molecule has 2 rings (SSSR count). The van der Waals surface area contributed by atoms with Crippen molar-refractivity contribution in [1.29, 1.82) is 0 Å². The van der Waals surface area contributed by atoms with Gasteiger partial charge in [-0.15, -0.1) is 11.3 Å². The van der Waals surface area contributed by atoms with Crippen molar-refractivity contribution in [2.45, 2.75) is 0 Å². The van der Waals surface area contributed by atoms with E-state index in [0.717, 1.165) is 5.69 Å². The zero-order chi connectivity index (χ0) is 8.39. The number of aromatic nitrogens is 3. The predicted molar refractivity (Wildman–Crippen MR) is 46.0 cm³/mol. The van der Waals surface area contributed by atoms with Crippen LogP contribution in [-0.4, -0.2) is 15.0 Å². The van der Waals surface area contributed by atoms with E-state index in [1.165, 1.54) is 17.5 Å². The summed E-state index contributed by atoms with van der Waals surface area (Å²) in [6, 6.07) is 0. The first-order valence-electron chi connectivity index (χ1n) is 3.29. The average molecular weight is 179 g/mol. The number of hydrogen-bond donors (Lipinski definition) is 1. The predicted octanol–water partition coefficient (Wildman–Crippen LogP) is 0.893. The number of aromatic amines is 1. The maximum Gasteiger partial charge on any atom is 0.266 e. The lowest BCUT2D eigenvalue weighted by molar-refractivity contribution is 1.13.